The van der Waals surface area contributed by atoms with Crippen LogP contribution in [0.1, 0.15) is 20.7 Å². The van der Waals surface area contributed by atoms with Crippen LogP contribution < -0.4 is 11.1 Å². The summed E-state index contributed by atoms with van der Waals surface area (Å²) >= 11 is 0. The van der Waals surface area contributed by atoms with E-state index in [9.17, 15) is 9.59 Å². The number of nitrogens with one attached hydrogen (secondary N) is 1. The molecule has 170 valence electrons. The SMILES string of the molecule is Cn1cc(-c2cnc(N)c(C(=O)NC3CN(C(=O)c4ccc(-c5ccccc5)cc4)C3)c2)cn1. The Bertz CT molecular complexity index is 1340. The number of nitrogens with zero attached hydrogens (tertiary/aromatic N) is 4. The number of nitrogen functional groups attached to an aromatic ring is 1. The molecule has 0 saturated carbocycles. The average Bonchev–Trinajstić information content (AvgIpc) is 3.28. The molecule has 8 heteroatoms. The summed E-state index contributed by atoms with van der Waals surface area (Å²) in [6.45, 7) is 0.890. The third kappa shape index (κ3) is 4.25. The number of nitrogens with two attached hydrogens (primary N) is 1. The van der Waals surface area contributed by atoms with Crippen molar-refractivity contribution in [2.75, 3.05) is 18.8 Å². The summed E-state index contributed by atoms with van der Waals surface area (Å²) in [5.74, 6) is -0.194. The molecule has 2 aromatic carbocycles. The Kier molecular flexibility index (Phi) is 5.55. The van der Waals surface area contributed by atoms with Crippen LogP contribution in [-0.4, -0.2) is 50.6 Å². The van der Waals surface area contributed by atoms with Crippen LogP contribution in [0.4, 0.5) is 5.82 Å². The standard InChI is InChI=1S/C26H24N6O2/c1-31-14-21(13-29-31)20-11-23(24(27)28-12-20)25(33)30-22-15-32(16-22)26(34)19-9-7-18(8-10-19)17-5-3-2-4-6-17/h2-14,22H,15-16H2,1H3,(H2,27,28)(H,30,33). The Labute approximate surface area is 197 Å². The molecule has 0 aliphatic carbocycles. The van der Waals surface area contributed by atoms with Gasteiger partial charge in [-0.1, -0.05) is 42.5 Å². The number of carbonyl (C=O) groups excluding carboxylic acids is 2. The van der Waals surface area contributed by atoms with Crippen LogP contribution >= 0.6 is 0 Å². The maximum Gasteiger partial charge on any atom is 0.255 e. The van der Waals surface area contributed by atoms with Crippen LogP contribution in [-0.2, 0) is 7.05 Å². The van der Waals surface area contributed by atoms with E-state index in [0.29, 0.717) is 24.2 Å². The van der Waals surface area contributed by atoms with Crippen LogP contribution in [0, 0.1) is 0 Å². The fourth-order valence-electron chi connectivity index (χ4n) is 4.00. The highest BCUT2D eigenvalue weighted by Crippen LogP contribution is 2.23. The van der Waals surface area contributed by atoms with Gasteiger partial charge in [-0.25, -0.2) is 4.98 Å². The fraction of sp³-hybridized carbons (Fsp3) is 0.154. The van der Waals surface area contributed by atoms with Gasteiger partial charge in [-0.2, -0.15) is 5.10 Å². The lowest BCUT2D eigenvalue weighted by atomic mass is 10.0. The van der Waals surface area contributed by atoms with Gasteiger partial charge in [0.25, 0.3) is 11.8 Å². The van der Waals surface area contributed by atoms with Gasteiger partial charge >= 0.3 is 0 Å². The van der Waals surface area contributed by atoms with Crippen molar-refractivity contribution in [1.29, 1.82) is 0 Å². The zero-order valence-corrected chi connectivity index (χ0v) is 18.7. The summed E-state index contributed by atoms with van der Waals surface area (Å²) in [6, 6.07) is 19.2. The largest absolute Gasteiger partial charge is 0.383 e. The number of pyridine rings is 1. The van der Waals surface area contributed by atoms with E-state index in [-0.39, 0.29) is 23.7 Å². The summed E-state index contributed by atoms with van der Waals surface area (Å²) in [7, 11) is 1.82. The van der Waals surface area contributed by atoms with E-state index in [2.05, 4.69) is 15.4 Å². The number of amides is 2. The van der Waals surface area contributed by atoms with Crippen molar-refractivity contribution in [3.8, 4) is 22.3 Å². The van der Waals surface area contributed by atoms with Crippen molar-refractivity contribution in [2.24, 2.45) is 7.05 Å². The third-order valence-corrected chi connectivity index (χ3v) is 5.94. The average molecular weight is 453 g/mol. The Balaban J connectivity index is 1.19. The molecule has 4 aromatic rings. The van der Waals surface area contributed by atoms with Gasteiger partial charge in [0.15, 0.2) is 0 Å². The fourth-order valence-corrected chi connectivity index (χ4v) is 4.00. The minimum atomic E-state index is -0.306. The minimum Gasteiger partial charge on any atom is -0.383 e. The van der Waals surface area contributed by atoms with Crippen molar-refractivity contribution in [3.63, 3.8) is 0 Å². The topological polar surface area (TPSA) is 106 Å². The first kappa shape index (κ1) is 21.4. The number of anilines is 1. The molecule has 0 unspecified atom stereocenters. The highest BCUT2D eigenvalue weighted by molar-refractivity contribution is 6.00. The predicted molar refractivity (Wildman–Crippen MR) is 130 cm³/mol. The third-order valence-electron chi connectivity index (χ3n) is 5.94. The van der Waals surface area contributed by atoms with Crippen molar-refractivity contribution in [3.05, 3.63) is 90.4 Å². The van der Waals surface area contributed by atoms with Crippen molar-refractivity contribution in [2.45, 2.75) is 6.04 Å². The zero-order valence-electron chi connectivity index (χ0n) is 18.7. The van der Waals surface area contributed by atoms with Gasteiger partial charge in [-0.05, 0) is 29.3 Å². The Morgan fingerprint density at radius 1 is 0.941 bits per heavy atom. The van der Waals surface area contributed by atoms with Gasteiger partial charge in [0, 0.05) is 49.2 Å². The van der Waals surface area contributed by atoms with E-state index in [1.807, 2.05) is 67.8 Å². The molecular formula is C26H24N6O2. The normalized spacial score (nSPS) is 13.4. The van der Waals surface area contributed by atoms with Gasteiger partial charge in [-0.3, -0.25) is 14.3 Å². The van der Waals surface area contributed by atoms with Gasteiger partial charge in [0.1, 0.15) is 5.82 Å². The van der Waals surface area contributed by atoms with Crippen molar-refractivity contribution >= 4 is 17.6 Å². The van der Waals surface area contributed by atoms with Gasteiger partial charge < -0.3 is 16.0 Å². The number of hydrogen-bond acceptors (Lipinski definition) is 5. The molecule has 3 N–H and O–H groups in total. The molecule has 2 amide bonds. The maximum absolute atomic E-state index is 12.8. The first-order valence-corrected chi connectivity index (χ1v) is 11.0. The number of likely N-dealkylation sites (tertiary alicyclic amines) is 1. The highest BCUT2D eigenvalue weighted by Gasteiger charge is 2.32. The van der Waals surface area contributed by atoms with Crippen LogP contribution in [0.25, 0.3) is 22.3 Å². The lowest BCUT2D eigenvalue weighted by Crippen LogP contribution is -2.61. The molecule has 1 aliphatic heterocycles. The van der Waals surface area contributed by atoms with E-state index < -0.39 is 0 Å². The summed E-state index contributed by atoms with van der Waals surface area (Å²) in [6.07, 6.45) is 5.17. The van der Waals surface area contributed by atoms with E-state index in [0.717, 1.165) is 22.3 Å². The summed E-state index contributed by atoms with van der Waals surface area (Å²) in [5.41, 5.74) is 10.7. The number of aryl methyl sites for hydroxylation is 1. The monoisotopic (exact) mass is 452 g/mol. The van der Waals surface area contributed by atoms with Gasteiger partial charge in [-0.15, -0.1) is 0 Å². The lowest BCUT2D eigenvalue weighted by Gasteiger charge is -2.39. The minimum absolute atomic E-state index is 0.0510. The second kappa shape index (κ2) is 8.82. The Morgan fingerprint density at radius 2 is 1.65 bits per heavy atom. The molecular weight excluding hydrogens is 428 g/mol. The smallest absolute Gasteiger partial charge is 0.255 e. The maximum atomic E-state index is 12.8. The van der Waals surface area contributed by atoms with E-state index in [4.69, 9.17) is 5.73 Å². The van der Waals surface area contributed by atoms with E-state index in [1.165, 1.54) is 0 Å². The van der Waals surface area contributed by atoms with E-state index in [1.54, 1.807) is 28.0 Å². The zero-order chi connectivity index (χ0) is 23.7. The summed E-state index contributed by atoms with van der Waals surface area (Å²) in [5, 5.41) is 7.10. The van der Waals surface area contributed by atoms with Crippen molar-refractivity contribution < 1.29 is 9.59 Å². The molecule has 1 fully saturated rings. The van der Waals surface area contributed by atoms with Gasteiger partial charge in [0.05, 0.1) is 17.8 Å². The molecule has 0 spiro atoms. The second-order valence-electron chi connectivity index (χ2n) is 8.38. The molecule has 1 saturated heterocycles. The molecule has 0 radical (unpaired) electrons. The summed E-state index contributed by atoms with van der Waals surface area (Å²) in [4.78, 5) is 31.5. The number of benzene rings is 2. The van der Waals surface area contributed by atoms with Crippen LogP contribution in [0.5, 0.6) is 0 Å². The van der Waals surface area contributed by atoms with Crippen LogP contribution in [0.3, 0.4) is 0 Å². The number of carbonyl (C=O) groups is 2. The molecule has 2 aromatic heterocycles. The Hall–Kier alpha value is -4.46. The molecule has 8 nitrogen and oxygen atoms in total. The molecule has 1 aliphatic rings. The molecule has 3 heterocycles. The molecule has 5 rings (SSSR count). The van der Waals surface area contributed by atoms with Crippen molar-refractivity contribution in [1.82, 2.24) is 25.0 Å². The number of hydrogen-bond donors (Lipinski definition) is 2. The molecule has 34 heavy (non-hydrogen) atoms. The summed E-state index contributed by atoms with van der Waals surface area (Å²) < 4.78 is 1.68. The predicted octanol–water partition coefficient (Wildman–Crippen LogP) is 2.99. The highest BCUT2D eigenvalue weighted by atomic mass is 16.2. The van der Waals surface area contributed by atoms with E-state index >= 15 is 0 Å². The van der Waals surface area contributed by atoms with Crippen LogP contribution in [0.15, 0.2) is 79.3 Å². The number of rotatable bonds is 5. The van der Waals surface area contributed by atoms with Crippen LogP contribution in [0.2, 0.25) is 0 Å². The first-order chi connectivity index (χ1) is 16.5. The van der Waals surface area contributed by atoms with Gasteiger partial charge in [0.2, 0.25) is 0 Å². The Morgan fingerprint density at radius 3 is 2.32 bits per heavy atom. The molecule has 0 bridgehead atoms. The first-order valence-electron chi connectivity index (χ1n) is 11.0. The quantitative estimate of drug-likeness (QED) is 0.484. The lowest BCUT2D eigenvalue weighted by molar-refractivity contribution is 0.0542. The number of aromatic nitrogens is 3. The molecule has 0 atom stereocenters. The second-order valence-corrected chi connectivity index (χ2v) is 8.38.